The fourth-order valence-corrected chi connectivity index (χ4v) is 1.38. The van der Waals surface area contributed by atoms with Crippen molar-refractivity contribution in [3.05, 3.63) is 0 Å². The van der Waals surface area contributed by atoms with Gasteiger partial charge < -0.3 is 15.5 Å². The summed E-state index contributed by atoms with van der Waals surface area (Å²) in [5.41, 5.74) is -1.01. The molecule has 5 heteroatoms. The monoisotopic (exact) mass is 195 g/mol. The molecule has 0 radical (unpaired) electrons. The van der Waals surface area contributed by atoms with Crippen molar-refractivity contribution in [2.75, 3.05) is 13.1 Å². The molecule has 0 aliphatic carbocycles. The molecule has 1 heterocycles. The van der Waals surface area contributed by atoms with Crippen molar-refractivity contribution < 1.29 is 15.0 Å². The van der Waals surface area contributed by atoms with Crippen LogP contribution in [0.5, 0.6) is 0 Å². The SMILES string of the molecule is Cl.O=C(O)C[C@]1(O)CCCNC1. The second-order valence-corrected chi connectivity index (χ2v) is 3.08. The summed E-state index contributed by atoms with van der Waals surface area (Å²) in [6.07, 6.45) is 1.29. The Kier molecular flexibility index (Phi) is 4.52. The molecule has 1 rings (SSSR count). The van der Waals surface area contributed by atoms with Gasteiger partial charge in [0.1, 0.15) is 0 Å². The molecule has 1 aliphatic rings. The molecule has 72 valence electrons. The van der Waals surface area contributed by atoms with Crippen LogP contribution >= 0.6 is 12.4 Å². The van der Waals surface area contributed by atoms with Crippen molar-refractivity contribution in [3.63, 3.8) is 0 Å². The first kappa shape index (κ1) is 11.7. The van der Waals surface area contributed by atoms with Crippen molar-refractivity contribution in [1.82, 2.24) is 5.32 Å². The number of halogens is 1. The maximum absolute atomic E-state index is 10.3. The third kappa shape index (κ3) is 3.38. The van der Waals surface area contributed by atoms with E-state index in [4.69, 9.17) is 5.11 Å². The van der Waals surface area contributed by atoms with E-state index in [1.165, 1.54) is 0 Å². The zero-order valence-electron chi connectivity index (χ0n) is 6.75. The van der Waals surface area contributed by atoms with Gasteiger partial charge in [-0.05, 0) is 19.4 Å². The maximum Gasteiger partial charge on any atom is 0.306 e. The lowest BCUT2D eigenvalue weighted by atomic mass is 9.91. The molecule has 0 saturated carbocycles. The van der Waals surface area contributed by atoms with E-state index in [-0.39, 0.29) is 18.8 Å². The number of nitrogens with one attached hydrogen (secondary N) is 1. The topological polar surface area (TPSA) is 69.6 Å². The number of hydrogen-bond acceptors (Lipinski definition) is 3. The summed E-state index contributed by atoms with van der Waals surface area (Å²) in [5, 5.41) is 21.0. The quantitative estimate of drug-likeness (QED) is 0.580. The van der Waals surface area contributed by atoms with Gasteiger partial charge in [0.2, 0.25) is 0 Å². The highest BCUT2D eigenvalue weighted by molar-refractivity contribution is 5.85. The van der Waals surface area contributed by atoms with Crippen LogP contribution in [-0.2, 0) is 4.79 Å². The van der Waals surface area contributed by atoms with E-state index in [0.29, 0.717) is 13.0 Å². The Hall–Kier alpha value is -0.320. The summed E-state index contributed by atoms with van der Waals surface area (Å²) in [7, 11) is 0. The van der Waals surface area contributed by atoms with Gasteiger partial charge in [0.05, 0.1) is 12.0 Å². The lowest BCUT2D eigenvalue weighted by Gasteiger charge is -2.30. The van der Waals surface area contributed by atoms with Crippen molar-refractivity contribution >= 4 is 18.4 Å². The van der Waals surface area contributed by atoms with Gasteiger partial charge in [-0.1, -0.05) is 0 Å². The highest BCUT2D eigenvalue weighted by Gasteiger charge is 2.31. The van der Waals surface area contributed by atoms with Crippen LogP contribution in [0.3, 0.4) is 0 Å². The molecule has 0 unspecified atom stereocenters. The number of aliphatic hydroxyl groups is 1. The van der Waals surface area contributed by atoms with E-state index in [9.17, 15) is 9.90 Å². The first-order valence-corrected chi connectivity index (χ1v) is 3.77. The summed E-state index contributed by atoms with van der Waals surface area (Å²) in [4.78, 5) is 10.3. The van der Waals surface area contributed by atoms with Gasteiger partial charge in [-0.25, -0.2) is 0 Å². The minimum absolute atomic E-state index is 0. The molecular formula is C7H14ClNO3. The van der Waals surface area contributed by atoms with E-state index >= 15 is 0 Å². The summed E-state index contributed by atoms with van der Waals surface area (Å²) in [6, 6.07) is 0. The number of hydrogen-bond donors (Lipinski definition) is 3. The lowest BCUT2D eigenvalue weighted by molar-refractivity contribution is -0.143. The van der Waals surface area contributed by atoms with Gasteiger partial charge in [0.15, 0.2) is 0 Å². The van der Waals surface area contributed by atoms with Gasteiger partial charge in [0, 0.05) is 6.54 Å². The van der Waals surface area contributed by atoms with E-state index in [0.717, 1.165) is 13.0 Å². The number of β-amino-alcohol motifs (C(OH)–C–C–N with tert-alkyl or cyclic N) is 1. The predicted octanol–water partition coefficient (Wildman–Crippen LogP) is -0.00260. The third-order valence-corrected chi connectivity index (χ3v) is 1.93. The Bertz CT molecular complexity index is 157. The summed E-state index contributed by atoms with van der Waals surface area (Å²) < 4.78 is 0. The van der Waals surface area contributed by atoms with Crippen LogP contribution in [0.15, 0.2) is 0 Å². The van der Waals surface area contributed by atoms with Crippen molar-refractivity contribution in [1.29, 1.82) is 0 Å². The lowest BCUT2D eigenvalue weighted by Crippen LogP contribution is -2.46. The average molecular weight is 196 g/mol. The summed E-state index contributed by atoms with van der Waals surface area (Å²) in [6.45, 7) is 1.28. The molecule has 0 bridgehead atoms. The van der Waals surface area contributed by atoms with Gasteiger partial charge >= 0.3 is 5.97 Å². The highest BCUT2D eigenvalue weighted by Crippen LogP contribution is 2.19. The van der Waals surface area contributed by atoms with Crippen LogP contribution in [0.1, 0.15) is 19.3 Å². The molecule has 12 heavy (non-hydrogen) atoms. The van der Waals surface area contributed by atoms with Gasteiger partial charge in [-0.2, -0.15) is 0 Å². The Balaban J connectivity index is 0.00000121. The Morgan fingerprint density at radius 2 is 2.25 bits per heavy atom. The predicted molar refractivity (Wildman–Crippen MR) is 46.6 cm³/mol. The standard InChI is InChI=1S/C7H13NO3.ClH/c9-6(10)4-7(11)2-1-3-8-5-7;/h8,11H,1-5H2,(H,9,10);1H/t7-;/m1./s1. The molecule has 1 aliphatic heterocycles. The van der Waals surface area contributed by atoms with Crippen LogP contribution in [-0.4, -0.2) is 34.9 Å². The summed E-state index contributed by atoms with van der Waals surface area (Å²) in [5.74, 6) is -0.934. The van der Waals surface area contributed by atoms with Crippen molar-refractivity contribution in [2.45, 2.75) is 24.9 Å². The second kappa shape index (κ2) is 4.64. The number of rotatable bonds is 2. The van der Waals surface area contributed by atoms with E-state index < -0.39 is 11.6 Å². The Morgan fingerprint density at radius 1 is 1.58 bits per heavy atom. The molecule has 1 saturated heterocycles. The zero-order valence-corrected chi connectivity index (χ0v) is 7.56. The molecule has 0 amide bonds. The van der Waals surface area contributed by atoms with Crippen LogP contribution in [0.4, 0.5) is 0 Å². The third-order valence-electron chi connectivity index (χ3n) is 1.93. The van der Waals surface area contributed by atoms with Crippen LogP contribution in [0.2, 0.25) is 0 Å². The van der Waals surface area contributed by atoms with Gasteiger partial charge in [0.25, 0.3) is 0 Å². The number of piperidine rings is 1. The fraction of sp³-hybridized carbons (Fsp3) is 0.857. The van der Waals surface area contributed by atoms with Crippen molar-refractivity contribution in [2.24, 2.45) is 0 Å². The van der Waals surface area contributed by atoms with Gasteiger partial charge in [-0.3, -0.25) is 4.79 Å². The molecule has 0 aromatic rings. The average Bonchev–Trinajstić information content (AvgIpc) is 1.85. The molecule has 4 nitrogen and oxygen atoms in total. The number of aliphatic carboxylic acids is 1. The minimum atomic E-state index is -1.01. The second-order valence-electron chi connectivity index (χ2n) is 3.08. The molecule has 3 N–H and O–H groups in total. The molecule has 0 spiro atoms. The Morgan fingerprint density at radius 3 is 2.67 bits per heavy atom. The number of carboxylic acids is 1. The molecule has 1 fully saturated rings. The maximum atomic E-state index is 10.3. The minimum Gasteiger partial charge on any atom is -0.481 e. The first-order chi connectivity index (χ1) is 5.12. The van der Waals surface area contributed by atoms with E-state index in [1.54, 1.807) is 0 Å². The van der Waals surface area contributed by atoms with Crippen LogP contribution < -0.4 is 5.32 Å². The van der Waals surface area contributed by atoms with Crippen molar-refractivity contribution in [3.8, 4) is 0 Å². The Labute approximate surface area is 77.4 Å². The largest absolute Gasteiger partial charge is 0.481 e. The molecule has 1 atom stereocenters. The van der Waals surface area contributed by atoms with Gasteiger partial charge in [-0.15, -0.1) is 12.4 Å². The van der Waals surface area contributed by atoms with E-state index in [1.807, 2.05) is 0 Å². The van der Waals surface area contributed by atoms with E-state index in [2.05, 4.69) is 5.32 Å². The van der Waals surface area contributed by atoms with Crippen LogP contribution in [0.25, 0.3) is 0 Å². The molecule has 0 aromatic heterocycles. The molecular weight excluding hydrogens is 182 g/mol. The highest BCUT2D eigenvalue weighted by atomic mass is 35.5. The number of carboxylic acid groups (broad SMARTS) is 1. The molecule has 0 aromatic carbocycles. The first-order valence-electron chi connectivity index (χ1n) is 3.77. The smallest absolute Gasteiger partial charge is 0.306 e. The summed E-state index contributed by atoms with van der Waals surface area (Å²) >= 11 is 0. The normalized spacial score (nSPS) is 29.1. The fourth-order valence-electron chi connectivity index (χ4n) is 1.38. The zero-order chi connectivity index (χ0) is 8.32. The van der Waals surface area contributed by atoms with Crippen LogP contribution in [0, 0.1) is 0 Å². The number of carbonyl (C=O) groups is 1.